The van der Waals surface area contributed by atoms with Crippen molar-refractivity contribution < 1.29 is 13.2 Å². The van der Waals surface area contributed by atoms with Crippen LogP contribution in [0.15, 0.2) is 24.3 Å². The Morgan fingerprint density at radius 2 is 1.81 bits per heavy atom. The van der Waals surface area contributed by atoms with Crippen molar-refractivity contribution in [3.63, 3.8) is 0 Å². The van der Waals surface area contributed by atoms with Gasteiger partial charge in [0.05, 0.1) is 0 Å². The van der Waals surface area contributed by atoms with E-state index in [1.165, 1.54) is 0 Å². The van der Waals surface area contributed by atoms with Crippen LogP contribution in [-0.4, -0.2) is 6.04 Å². The minimum absolute atomic E-state index is 0.0804. The molecule has 0 saturated carbocycles. The van der Waals surface area contributed by atoms with Gasteiger partial charge in [0.1, 0.15) is 11.5 Å². The van der Waals surface area contributed by atoms with E-state index in [1.807, 2.05) is 12.2 Å². The molecule has 2 rings (SSSR count). The number of allylic oxidation sites excluding steroid dienone is 1. The number of benzene rings is 1. The van der Waals surface area contributed by atoms with Crippen LogP contribution in [0.5, 0.6) is 0 Å². The maximum atomic E-state index is 13.3. The van der Waals surface area contributed by atoms with E-state index in [1.54, 1.807) is 0 Å². The average molecular weight is 227 g/mol. The topological polar surface area (TPSA) is 12.0 Å². The second kappa shape index (κ2) is 4.60. The number of nitrogens with one attached hydrogen (secondary N) is 1. The average Bonchev–Trinajstić information content (AvgIpc) is 2.25. The third-order valence-electron chi connectivity index (χ3n) is 2.59. The second-order valence-electron chi connectivity index (χ2n) is 3.85. The molecular formula is C12H12F3N. The molecule has 0 heterocycles. The molecule has 1 aliphatic carbocycles. The molecule has 0 radical (unpaired) electrons. The highest BCUT2D eigenvalue weighted by Crippen LogP contribution is 2.23. The normalized spacial score (nSPS) is 19.8. The Bertz CT molecular complexity index is 392. The van der Waals surface area contributed by atoms with Gasteiger partial charge in [0.25, 0.3) is 0 Å². The summed E-state index contributed by atoms with van der Waals surface area (Å²) in [4.78, 5) is 0. The molecule has 1 aromatic rings. The summed E-state index contributed by atoms with van der Waals surface area (Å²) in [6.45, 7) is 0. The zero-order valence-corrected chi connectivity index (χ0v) is 8.64. The highest BCUT2D eigenvalue weighted by atomic mass is 19.1. The van der Waals surface area contributed by atoms with Crippen LogP contribution in [0, 0.1) is 17.5 Å². The zero-order valence-electron chi connectivity index (χ0n) is 8.64. The van der Waals surface area contributed by atoms with Crippen LogP contribution < -0.4 is 5.32 Å². The predicted octanol–water partition coefficient (Wildman–Crippen LogP) is 3.62. The van der Waals surface area contributed by atoms with E-state index in [2.05, 4.69) is 5.32 Å². The molecule has 0 fully saturated rings. The molecule has 1 aromatic carbocycles. The Hall–Kier alpha value is -1.45. The molecule has 1 unspecified atom stereocenters. The van der Waals surface area contributed by atoms with Crippen LogP contribution in [0.2, 0.25) is 0 Å². The van der Waals surface area contributed by atoms with E-state index in [0.717, 1.165) is 19.3 Å². The third-order valence-corrected chi connectivity index (χ3v) is 2.59. The first-order valence-electron chi connectivity index (χ1n) is 5.24. The van der Waals surface area contributed by atoms with E-state index in [0.29, 0.717) is 12.1 Å². The van der Waals surface area contributed by atoms with Crippen LogP contribution >= 0.6 is 0 Å². The number of anilines is 1. The lowest BCUT2D eigenvalue weighted by molar-refractivity contribution is 0.543. The molecule has 0 saturated heterocycles. The quantitative estimate of drug-likeness (QED) is 0.761. The molecule has 4 heteroatoms. The molecular weight excluding hydrogens is 215 g/mol. The Morgan fingerprint density at radius 1 is 1.12 bits per heavy atom. The van der Waals surface area contributed by atoms with Crippen LogP contribution in [0.1, 0.15) is 19.3 Å². The van der Waals surface area contributed by atoms with Gasteiger partial charge in [0, 0.05) is 18.2 Å². The first-order valence-corrected chi connectivity index (χ1v) is 5.24. The fourth-order valence-electron chi connectivity index (χ4n) is 1.80. The van der Waals surface area contributed by atoms with Gasteiger partial charge in [-0.05, 0) is 19.3 Å². The van der Waals surface area contributed by atoms with Gasteiger partial charge in [-0.1, -0.05) is 12.2 Å². The first-order chi connectivity index (χ1) is 7.66. The maximum absolute atomic E-state index is 13.3. The predicted molar refractivity (Wildman–Crippen MR) is 56.7 cm³/mol. The summed E-state index contributed by atoms with van der Waals surface area (Å²) < 4.78 is 39.3. The molecule has 0 aliphatic heterocycles. The summed E-state index contributed by atoms with van der Waals surface area (Å²) in [5.74, 6) is -2.69. The molecule has 16 heavy (non-hydrogen) atoms. The van der Waals surface area contributed by atoms with Crippen molar-refractivity contribution in [3.8, 4) is 0 Å². The van der Waals surface area contributed by atoms with Crippen LogP contribution in [0.4, 0.5) is 18.9 Å². The molecule has 1 N–H and O–H groups in total. The van der Waals surface area contributed by atoms with Gasteiger partial charge < -0.3 is 5.32 Å². The Labute approximate surface area is 92.0 Å². The summed E-state index contributed by atoms with van der Waals surface area (Å²) in [6, 6.07) is 1.28. The Kier molecular flexibility index (Phi) is 3.17. The molecule has 86 valence electrons. The van der Waals surface area contributed by atoms with Crippen LogP contribution in [0.3, 0.4) is 0 Å². The minimum atomic E-state index is -0.903. The summed E-state index contributed by atoms with van der Waals surface area (Å²) in [7, 11) is 0. The highest BCUT2D eigenvalue weighted by Gasteiger charge is 2.15. The second-order valence-corrected chi connectivity index (χ2v) is 3.85. The summed E-state index contributed by atoms with van der Waals surface area (Å²) in [5.41, 5.74) is -0.252. The Balaban J connectivity index is 2.20. The molecule has 1 aliphatic rings. The lowest BCUT2D eigenvalue weighted by Crippen LogP contribution is -2.20. The fraction of sp³-hybridized carbons (Fsp3) is 0.333. The van der Waals surface area contributed by atoms with E-state index >= 15 is 0 Å². The van der Waals surface area contributed by atoms with Crippen molar-refractivity contribution in [1.82, 2.24) is 0 Å². The first kappa shape index (κ1) is 11.0. The summed E-state index contributed by atoms with van der Waals surface area (Å²) >= 11 is 0. The lowest BCUT2D eigenvalue weighted by atomic mass is 10.0. The maximum Gasteiger partial charge on any atom is 0.152 e. The number of hydrogen-bond donors (Lipinski definition) is 1. The SMILES string of the molecule is Fc1cc(F)c(NC2C=CCCC2)c(F)c1. The van der Waals surface area contributed by atoms with Crippen LogP contribution in [0.25, 0.3) is 0 Å². The van der Waals surface area contributed by atoms with E-state index in [4.69, 9.17) is 0 Å². The van der Waals surface area contributed by atoms with E-state index in [-0.39, 0.29) is 11.7 Å². The summed E-state index contributed by atoms with van der Waals surface area (Å²) in [5, 5.41) is 2.74. The van der Waals surface area contributed by atoms with Crippen molar-refractivity contribution in [2.24, 2.45) is 0 Å². The van der Waals surface area contributed by atoms with Gasteiger partial charge in [-0.15, -0.1) is 0 Å². The van der Waals surface area contributed by atoms with Gasteiger partial charge in [-0.2, -0.15) is 0 Å². The van der Waals surface area contributed by atoms with Crippen molar-refractivity contribution in [3.05, 3.63) is 41.7 Å². The van der Waals surface area contributed by atoms with Crippen LogP contribution in [-0.2, 0) is 0 Å². The highest BCUT2D eigenvalue weighted by molar-refractivity contribution is 5.48. The van der Waals surface area contributed by atoms with Crippen molar-refractivity contribution >= 4 is 5.69 Å². The van der Waals surface area contributed by atoms with E-state index < -0.39 is 17.5 Å². The number of halogens is 3. The molecule has 0 bridgehead atoms. The Morgan fingerprint density at radius 3 is 2.38 bits per heavy atom. The largest absolute Gasteiger partial charge is 0.374 e. The fourth-order valence-corrected chi connectivity index (χ4v) is 1.80. The molecule has 0 aromatic heterocycles. The van der Waals surface area contributed by atoms with Crippen molar-refractivity contribution in [2.75, 3.05) is 5.32 Å². The molecule has 0 amide bonds. The van der Waals surface area contributed by atoms with Gasteiger partial charge in [-0.3, -0.25) is 0 Å². The minimum Gasteiger partial charge on any atom is -0.374 e. The van der Waals surface area contributed by atoms with Gasteiger partial charge >= 0.3 is 0 Å². The van der Waals surface area contributed by atoms with E-state index in [9.17, 15) is 13.2 Å². The zero-order chi connectivity index (χ0) is 11.5. The van der Waals surface area contributed by atoms with Gasteiger partial charge in [0.15, 0.2) is 11.6 Å². The lowest BCUT2D eigenvalue weighted by Gasteiger charge is -2.19. The standard InChI is InChI=1S/C12H12F3N/c13-8-6-10(14)12(11(15)7-8)16-9-4-2-1-3-5-9/h2,4,6-7,9,16H,1,3,5H2. The molecule has 1 nitrogen and oxygen atoms in total. The monoisotopic (exact) mass is 227 g/mol. The van der Waals surface area contributed by atoms with Crippen molar-refractivity contribution in [1.29, 1.82) is 0 Å². The third kappa shape index (κ3) is 2.38. The summed E-state index contributed by atoms with van der Waals surface area (Å²) in [6.07, 6.45) is 6.66. The molecule has 1 atom stereocenters. The number of rotatable bonds is 2. The van der Waals surface area contributed by atoms with Crippen molar-refractivity contribution in [2.45, 2.75) is 25.3 Å². The van der Waals surface area contributed by atoms with Gasteiger partial charge in [-0.25, -0.2) is 13.2 Å². The van der Waals surface area contributed by atoms with Gasteiger partial charge in [0.2, 0.25) is 0 Å². The molecule has 0 spiro atoms. The number of hydrogen-bond acceptors (Lipinski definition) is 1. The smallest absolute Gasteiger partial charge is 0.152 e.